The second-order valence-corrected chi connectivity index (χ2v) is 4.75. The Balaban J connectivity index is 2.07. The van der Waals surface area contributed by atoms with Crippen LogP contribution in [0.1, 0.15) is 27.2 Å². The maximum Gasteiger partial charge on any atom is 0.152 e. The maximum atomic E-state index is 11.9. The summed E-state index contributed by atoms with van der Waals surface area (Å²) in [7, 11) is 0. The predicted molar refractivity (Wildman–Crippen MR) is 52.5 cm³/mol. The van der Waals surface area contributed by atoms with Crippen molar-refractivity contribution < 1.29 is 4.79 Å². The molecule has 74 valence electrons. The van der Waals surface area contributed by atoms with E-state index in [0.29, 0.717) is 5.78 Å². The van der Waals surface area contributed by atoms with Crippen molar-refractivity contribution in [3.8, 4) is 0 Å². The van der Waals surface area contributed by atoms with E-state index in [-0.39, 0.29) is 12.0 Å². The number of likely N-dealkylation sites (N-methyl/N-ethyl adjacent to an activating group) is 1. The van der Waals surface area contributed by atoms with Crippen molar-refractivity contribution in [3.63, 3.8) is 0 Å². The average Bonchev–Trinajstić information content (AvgIpc) is 2.76. The fraction of sp³-hybridized carbons (Fsp3) is 0.909. The monoisotopic (exact) mass is 181 g/mol. The highest BCUT2D eigenvalue weighted by Gasteiger charge is 2.54. The molecule has 0 aromatic rings. The summed E-state index contributed by atoms with van der Waals surface area (Å²) in [5.74, 6) is 2.24. The molecule has 2 aliphatic rings. The number of likely N-dealkylation sites (tertiary alicyclic amines) is 1. The van der Waals surface area contributed by atoms with Gasteiger partial charge in [0.25, 0.3) is 0 Å². The summed E-state index contributed by atoms with van der Waals surface area (Å²) in [5.41, 5.74) is 0. The van der Waals surface area contributed by atoms with Gasteiger partial charge in [0.15, 0.2) is 5.78 Å². The summed E-state index contributed by atoms with van der Waals surface area (Å²) in [5, 5.41) is 0. The highest BCUT2D eigenvalue weighted by molar-refractivity contribution is 5.86. The van der Waals surface area contributed by atoms with Gasteiger partial charge in [0.05, 0.1) is 6.04 Å². The van der Waals surface area contributed by atoms with E-state index < -0.39 is 0 Å². The van der Waals surface area contributed by atoms with Gasteiger partial charge < -0.3 is 0 Å². The van der Waals surface area contributed by atoms with E-state index in [2.05, 4.69) is 11.8 Å². The lowest BCUT2D eigenvalue weighted by Gasteiger charge is -2.25. The molecule has 0 N–H and O–H groups in total. The Hall–Kier alpha value is -0.370. The lowest BCUT2D eigenvalue weighted by molar-refractivity contribution is -0.127. The van der Waals surface area contributed by atoms with Crippen LogP contribution in [-0.4, -0.2) is 29.8 Å². The zero-order chi connectivity index (χ0) is 9.59. The van der Waals surface area contributed by atoms with Crippen molar-refractivity contribution in [2.24, 2.45) is 17.8 Å². The number of hydrogen-bond donors (Lipinski definition) is 0. The lowest BCUT2D eigenvalue weighted by Crippen LogP contribution is -2.41. The number of piperidine rings is 1. The molecule has 13 heavy (non-hydrogen) atoms. The zero-order valence-electron chi connectivity index (χ0n) is 8.79. The van der Waals surface area contributed by atoms with E-state index in [9.17, 15) is 4.79 Å². The van der Waals surface area contributed by atoms with Crippen molar-refractivity contribution in [2.75, 3.05) is 13.1 Å². The van der Waals surface area contributed by atoms with Gasteiger partial charge in [-0.3, -0.25) is 9.69 Å². The topological polar surface area (TPSA) is 20.3 Å². The minimum atomic E-state index is 0.207. The molecule has 3 unspecified atom stereocenters. The van der Waals surface area contributed by atoms with E-state index in [0.717, 1.165) is 18.4 Å². The largest absolute Gasteiger partial charge is 0.298 e. The Morgan fingerprint density at radius 2 is 2.23 bits per heavy atom. The first-order valence-electron chi connectivity index (χ1n) is 5.43. The molecule has 0 aromatic heterocycles. The van der Waals surface area contributed by atoms with Crippen LogP contribution in [0.5, 0.6) is 0 Å². The minimum absolute atomic E-state index is 0.207. The highest BCUT2D eigenvalue weighted by Crippen LogP contribution is 2.50. The quantitative estimate of drug-likeness (QED) is 0.658. The van der Waals surface area contributed by atoms with Gasteiger partial charge in [0, 0.05) is 12.5 Å². The number of ketones is 1. The smallest absolute Gasteiger partial charge is 0.152 e. The van der Waals surface area contributed by atoms with Crippen LogP contribution in [0.4, 0.5) is 0 Å². The first kappa shape index (κ1) is 9.20. The van der Waals surface area contributed by atoms with Crippen LogP contribution >= 0.6 is 0 Å². The fourth-order valence-electron chi connectivity index (χ4n) is 2.61. The van der Waals surface area contributed by atoms with Gasteiger partial charge in [-0.1, -0.05) is 20.8 Å². The van der Waals surface area contributed by atoms with Crippen LogP contribution in [0.2, 0.25) is 0 Å². The molecule has 1 saturated carbocycles. The van der Waals surface area contributed by atoms with Crippen LogP contribution in [-0.2, 0) is 4.79 Å². The molecule has 1 heterocycles. The number of hydrogen-bond acceptors (Lipinski definition) is 2. The minimum Gasteiger partial charge on any atom is -0.298 e. The molecule has 2 rings (SSSR count). The van der Waals surface area contributed by atoms with Gasteiger partial charge in [-0.15, -0.1) is 0 Å². The molecular formula is C11H19NO. The normalized spacial score (nSPS) is 38.0. The molecule has 0 radical (unpaired) electrons. The Kier molecular flexibility index (Phi) is 2.18. The molecule has 3 atom stereocenters. The molecule has 1 aliphatic carbocycles. The summed E-state index contributed by atoms with van der Waals surface area (Å²) in [4.78, 5) is 14.3. The van der Waals surface area contributed by atoms with Crippen LogP contribution < -0.4 is 0 Å². The molecule has 1 saturated heterocycles. The molecule has 2 nitrogen and oxygen atoms in total. The van der Waals surface area contributed by atoms with Gasteiger partial charge >= 0.3 is 0 Å². The Bertz CT molecular complexity index is 224. The third-order valence-corrected chi connectivity index (χ3v) is 3.51. The predicted octanol–water partition coefficient (Wildman–Crippen LogP) is 1.55. The van der Waals surface area contributed by atoms with Crippen LogP contribution in [0, 0.1) is 17.8 Å². The molecule has 0 bridgehead atoms. The number of fused-ring (bicyclic) bond motifs is 1. The highest BCUT2D eigenvalue weighted by atomic mass is 16.1. The summed E-state index contributed by atoms with van der Waals surface area (Å²) in [6.07, 6.45) is 1.31. The number of nitrogens with zero attached hydrogens (tertiary/aromatic N) is 1. The van der Waals surface area contributed by atoms with Gasteiger partial charge in [-0.2, -0.15) is 0 Å². The van der Waals surface area contributed by atoms with Crippen LogP contribution in [0.25, 0.3) is 0 Å². The van der Waals surface area contributed by atoms with Crippen molar-refractivity contribution in [1.82, 2.24) is 4.90 Å². The average molecular weight is 181 g/mol. The Morgan fingerprint density at radius 3 is 2.77 bits per heavy atom. The zero-order valence-corrected chi connectivity index (χ0v) is 8.79. The number of Topliss-reactive ketones (excluding diaryl/α,β-unsaturated/α-hetero) is 1. The van der Waals surface area contributed by atoms with Gasteiger partial charge in [-0.25, -0.2) is 0 Å². The number of rotatable bonds is 3. The standard InChI is InChI=1S/C11H19NO/c1-4-12-6-8-5-9(8)10(12)11(13)7(2)3/h7-10H,4-6H2,1-3H3. The Morgan fingerprint density at radius 1 is 1.54 bits per heavy atom. The molecule has 2 heteroatoms. The van der Waals surface area contributed by atoms with E-state index in [1.54, 1.807) is 0 Å². The van der Waals surface area contributed by atoms with Crippen LogP contribution in [0.15, 0.2) is 0 Å². The lowest BCUT2D eigenvalue weighted by atomic mass is 9.98. The second kappa shape index (κ2) is 3.09. The summed E-state index contributed by atoms with van der Waals surface area (Å²) < 4.78 is 0. The number of carbonyl (C=O) groups is 1. The third kappa shape index (κ3) is 1.41. The van der Waals surface area contributed by atoms with Crippen molar-refractivity contribution in [2.45, 2.75) is 33.2 Å². The van der Waals surface area contributed by atoms with Crippen molar-refractivity contribution in [3.05, 3.63) is 0 Å². The van der Waals surface area contributed by atoms with E-state index in [1.807, 2.05) is 13.8 Å². The van der Waals surface area contributed by atoms with Crippen molar-refractivity contribution >= 4 is 5.78 Å². The van der Waals surface area contributed by atoms with Gasteiger partial charge in [0.1, 0.15) is 0 Å². The van der Waals surface area contributed by atoms with Gasteiger partial charge in [-0.05, 0) is 24.8 Å². The van der Waals surface area contributed by atoms with E-state index in [4.69, 9.17) is 0 Å². The maximum absolute atomic E-state index is 11.9. The fourth-order valence-corrected chi connectivity index (χ4v) is 2.61. The molecule has 2 fully saturated rings. The van der Waals surface area contributed by atoms with Gasteiger partial charge in [0.2, 0.25) is 0 Å². The van der Waals surface area contributed by atoms with E-state index >= 15 is 0 Å². The number of carbonyl (C=O) groups excluding carboxylic acids is 1. The summed E-state index contributed by atoms with van der Waals surface area (Å²) in [6, 6.07) is 0.273. The first-order valence-corrected chi connectivity index (χ1v) is 5.43. The Labute approximate surface area is 80.3 Å². The third-order valence-electron chi connectivity index (χ3n) is 3.51. The summed E-state index contributed by atoms with van der Waals surface area (Å²) in [6.45, 7) is 8.41. The van der Waals surface area contributed by atoms with Crippen molar-refractivity contribution in [1.29, 1.82) is 0 Å². The molecule has 0 spiro atoms. The first-order chi connectivity index (χ1) is 6.15. The van der Waals surface area contributed by atoms with E-state index in [1.165, 1.54) is 13.0 Å². The molecule has 0 amide bonds. The molecule has 1 aliphatic heterocycles. The second-order valence-electron chi connectivity index (χ2n) is 4.75. The molecular weight excluding hydrogens is 162 g/mol. The SMILES string of the molecule is CCN1CC2CC2C1C(=O)C(C)C. The molecule has 0 aromatic carbocycles. The summed E-state index contributed by atoms with van der Waals surface area (Å²) >= 11 is 0. The van der Waals surface area contributed by atoms with Crippen LogP contribution in [0.3, 0.4) is 0 Å².